The van der Waals surface area contributed by atoms with E-state index in [9.17, 15) is 13.2 Å². The van der Waals surface area contributed by atoms with E-state index in [0.717, 1.165) is 4.47 Å². The van der Waals surface area contributed by atoms with Crippen molar-refractivity contribution in [1.82, 2.24) is 0 Å². The van der Waals surface area contributed by atoms with Crippen LogP contribution in [0.5, 0.6) is 5.75 Å². The first kappa shape index (κ1) is 15.8. The summed E-state index contributed by atoms with van der Waals surface area (Å²) in [6.07, 6.45) is -0.576. The van der Waals surface area contributed by atoms with Gasteiger partial charge < -0.3 is 10.1 Å². The van der Waals surface area contributed by atoms with Crippen molar-refractivity contribution in [3.8, 4) is 5.75 Å². The predicted octanol–water partition coefficient (Wildman–Crippen LogP) is 2.97. The van der Waals surface area contributed by atoms with Gasteiger partial charge in [-0.2, -0.15) is 0 Å². The minimum absolute atomic E-state index is 0.146. The highest BCUT2D eigenvalue weighted by molar-refractivity contribution is 9.10. The Balaban J connectivity index is 1.87. The molecule has 8 heteroatoms. The largest absolute Gasteiger partial charge is 0.479 e. The van der Waals surface area contributed by atoms with E-state index in [4.69, 9.17) is 4.74 Å². The molecular weight excluding hydrogens is 384 g/mol. The van der Waals surface area contributed by atoms with Crippen LogP contribution in [0.25, 0.3) is 0 Å². The third-order valence-corrected chi connectivity index (χ3v) is 5.21. The van der Waals surface area contributed by atoms with Gasteiger partial charge in [0.15, 0.2) is 6.10 Å². The fourth-order valence-corrected chi connectivity index (χ4v) is 3.41. The minimum Gasteiger partial charge on any atom is -0.479 e. The number of nitrogens with one attached hydrogen (secondary N) is 2. The van der Waals surface area contributed by atoms with E-state index in [1.165, 1.54) is 18.2 Å². The second-order valence-corrected chi connectivity index (χ2v) is 7.62. The number of anilines is 2. The first-order valence-corrected chi connectivity index (χ1v) is 9.03. The molecule has 0 spiro atoms. The number of hydrogen-bond acceptors (Lipinski definition) is 4. The first-order chi connectivity index (χ1) is 10.8. The molecule has 1 aliphatic rings. The molecule has 0 aromatic heterocycles. The zero-order valence-corrected chi connectivity index (χ0v) is 14.4. The number of halogens is 1. The molecule has 6 nitrogen and oxygen atoms in total. The molecule has 1 amide bonds. The van der Waals surface area contributed by atoms with Crippen molar-refractivity contribution in [3.05, 3.63) is 46.9 Å². The first-order valence-electron chi connectivity index (χ1n) is 6.75. The molecule has 1 atom stereocenters. The number of carbonyl (C=O) groups excluding carboxylic acids is 1. The van der Waals surface area contributed by atoms with Crippen molar-refractivity contribution in [2.45, 2.75) is 17.9 Å². The maximum atomic E-state index is 12.4. The highest BCUT2D eigenvalue weighted by Gasteiger charge is 2.24. The minimum atomic E-state index is -3.71. The average Bonchev–Trinajstić information content (AvgIpc) is 2.49. The quantitative estimate of drug-likeness (QED) is 0.834. The molecule has 0 radical (unpaired) electrons. The fraction of sp³-hybridized carbons (Fsp3) is 0.133. The zero-order chi connectivity index (χ0) is 16.6. The van der Waals surface area contributed by atoms with Crippen molar-refractivity contribution in [2.75, 3.05) is 10.0 Å². The molecule has 2 aromatic carbocycles. The predicted molar refractivity (Wildman–Crippen MR) is 90.1 cm³/mol. The van der Waals surface area contributed by atoms with Gasteiger partial charge in [0.25, 0.3) is 15.9 Å². The number of ether oxygens (including phenoxy) is 1. The Hall–Kier alpha value is -2.06. The second-order valence-electron chi connectivity index (χ2n) is 5.02. The topological polar surface area (TPSA) is 84.5 Å². The van der Waals surface area contributed by atoms with Gasteiger partial charge in [-0.05, 0) is 49.4 Å². The van der Waals surface area contributed by atoms with Crippen LogP contribution in [-0.4, -0.2) is 20.4 Å². The number of rotatable bonds is 3. The lowest BCUT2D eigenvalue weighted by Crippen LogP contribution is -2.34. The van der Waals surface area contributed by atoms with E-state index in [1.807, 2.05) is 0 Å². The highest BCUT2D eigenvalue weighted by Crippen LogP contribution is 2.32. The van der Waals surface area contributed by atoms with Crippen LogP contribution in [-0.2, 0) is 14.8 Å². The summed E-state index contributed by atoms with van der Waals surface area (Å²) in [6, 6.07) is 11.0. The molecule has 0 fully saturated rings. The Kier molecular flexibility index (Phi) is 4.03. The number of carbonyl (C=O) groups is 1. The van der Waals surface area contributed by atoms with Crippen LogP contribution in [0.2, 0.25) is 0 Å². The van der Waals surface area contributed by atoms with E-state index in [0.29, 0.717) is 17.1 Å². The second kappa shape index (κ2) is 5.86. The smallest absolute Gasteiger partial charge is 0.265 e. The van der Waals surface area contributed by atoms with Crippen molar-refractivity contribution >= 4 is 43.2 Å². The Bertz CT molecular complexity index is 866. The number of hydrogen-bond donors (Lipinski definition) is 2. The summed E-state index contributed by atoms with van der Waals surface area (Å²) in [5.41, 5.74) is 0.772. The van der Waals surface area contributed by atoms with Gasteiger partial charge in [-0.1, -0.05) is 15.9 Å². The SMILES string of the molecule is CC1Oc2ccc(NS(=O)(=O)c3ccc(Br)cc3)cc2NC1=O. The molecule has 23 heavy (non-hydrogen) atoms. The summed E-state index contributed by atoms with van der Waals surface area (Å²) in [5.74, 6) is 0.231. The van der Waals surface area contributed by atoms with Gasteiger partial charge in [0.05, 0.1) is 16.3 Å². The third kappa shape index (κ3) is 3.32. The maximum Gasteiger partial charge on any atom is 0.265 e. The summed E-state index contributed by atoms with van der Waals surface area (Å²) in [6.45, 7) is 1.64. The molecule has 0 saturated heterocycles. The van der Waals surface area contributed by atoms with Gasteiger partial charge in [-0.25, -0.2) is 8.42 Å². The van der Waals surface area contributed by atoms with E-state index >= 15 is 0 Å². The molecule has 0 saturated carbocycles. The van der Waals surface area contributed by atoms with Crippen LogP contribution in [0.4, 0.5) is 11.4 Å². The van der Waals surface area contributed by atoms with Gasteiger partial charge in [0.1, 0.15) is 5.75 Å². The van der Waals surface area contributed by atoms with Gasteiger partial charge in [-0.15, -0.1) is 0 Å². The van der Waals surface area contributed by atoms with E-state index in [2.05, 4.69) is 26.0 Å². The third-order valence-electron chi connectivity index (χ3n) is 3.29. The summed E-state index contributed by atoms with van der Waals surface area (Å²) < 4.78 is 33.4. The van der Waals surface area contributed by atoms with Crippen LogP contribution in [0, 0.1) is 0 Å². The molecule has 1 aliphatic heterocycles. The van der Waals surface area contributed by atoms with E-state index < -0.39 is 16.1 Å². The molecular formula is C15H13BrN2O4S. The number of fused-ring (bicyclic) bond motifs is 1. The normalized spacial score (nSPS) is 17.0. The van der Waals surface area contributed by atoms with Crippen LogP contribution >= 0.6 is 15.9 Å². The molecule has 2 aromatic rings. The number of sulfonamides is 1. The Morgan fingerprint density at radius 1 is 1.17 bits per heavy atom. The van der Waals surface area contributed by atoms with Gasteiger partial charge in [0, 0.05) is 4.47 Å². The molecule has 0 bridgehead atoms. The Labute approximate surface area is 142 Å². The van der Waals surface area contributed by atoms with Crippen LogP contribution < -0.4 is 14.8 Å². The van der Waals surface area contributed by atoms with E-state index in [1.54, 1.807) is 31.2 Å². The van der Waals surface area contributed by atoms with Gasteiger partial charge in [-0.3, -0.25) is 9.52 Å². The number of benzene rings is 2. The number of amides is 1. The molecule has 3 rings (SSSR count). The lowest BCUT2D eigenvalue weighted by molar-refractivity contribution is -0.122. The lowest BCUT2D eigenvalue weighted by atomic mass is 10.2. The molecule has 1 heterocycles. The monoisotopic (exact) mass is 396 g/mol. The van der Waals surface area contributed by atoms with Crippen molar-refractivity contribution in [3.63, 3.8) is 0 Å². The lowest BCUT2D eigenvalue weighted by Gasteiger charge is -2.23. The van der Waals surface area contributed by atoms with E-state index in [-0.39, 0.29) is 10.8 Å². The fourth-order valence-electron chi connectivity index (χ4n) is 2.10. The Morgan fingerprint density at radius 2 is 1.87 bits per heavy atom. The van der Waals surface area contributed by atoms with Gasteiger partial charge in [0.2, 0.25) is 0 Å². The molecule has 2 N–H and O–H groups in total. The Morgan fingerprint density at radius 3 is 2.57 bits per heavy atom. The average molecular weight is 397 g/mol. The summed E-state index contributed by atoms with van der Waals surface area (Å²) in [5, 5.41) is 2.68. The summed E-state index contributed by atoms with van der Waals surface area (Å²) in [7, 11) is -3.71. The maximum absolute atomic E-state index is 12.4. The molecule has 120 valence electrons. The van der Waals surface area contributed by atoms with Gasteiger partial charge >= 0.3 is 0 Å². The zero-order valence-electron chi connectivity index (χ0n) is 12.0. The van der Waals surface area contributed by atoms with Crippen molar-refractivity contribution in [2.24, 2.45) is 0 Å². The van der Waals surface area contributed by atoms with Crippen LogP contribution in [0.1, 0.15) is 6.92 Å². The van der Waals surface area contributed by atoms with Crippen molar-refractivity contribution < 1.29 is 17.9 Å². The van der Waals surface area contributed by atoms with Crippen molar-refractivity contribution in [1.29, 1.82) is 0 Å². The summed E-state index contributed by atoms with van der Waals surface area (Å²) in [4.78, 5) is 11.8. The standard InChI is InChI=1S/C15H13BrN2O4S/c1-9-15(19)17-13-8-11(4-7-14(13)22-9)18-23(20,21)12-5-2-10(16)3-6-12/h2-9,18H,1H3,(H,17,19). The van der Waals surface area contributed by atoms with Crippen LogP contribution in [0.15, 0.2) is 51.8 Å². The summed E-state index contributed by atoms with van der Waals surface area (Å²) >= 11 is 3.26. The molecule has 1 unspecified atom stereocenters. The molecule has 0 aliphatic carbocycles. The highest BCUT2D eigenvalue weighted by atomic mass is 79.9. The van der Waals surface area contributed by atoms with Crippen LogP contribution in [0.3, 0.4) is 0 Å².